The molecule has 0 radical (unpaired) electrons. The summed E-state index contributed by atoms with van der Waals surface area (Å²) in [4.78, 5) is 38.4. The second-order valence-electron chi connectivity index (χ2n) is 24.1. The first-order valence-corrected chi connectivity index (χ1v) is 35.9. The van der Waals surface area contributed by atoms with Gasteiger partial charge in [-0.05, 0) is 89.9 Å². The lowest BCUT2D eigenvalue weighted by Gasteiger charge is -2.18. The van der Waals surface area contributed by atoms with Crippen LogP contribution in [0.15, 0.2) is 72.9 Å². The molecular formula is C76H136O6. The highest BCUT2D eigenvalue weighted by Crippen LogP contribution is 2.18. The van der Waals surface area contributed by atoms with Gasteiger partial charge in [-0.15, -0.1) is 0 Å². The van der Waals surface area contributed by atoms with Crippen molar-refractivity contribution in [2.24, 2.45) is 0 Å². The molecule has 0 rings (SSSR count). The minimum absolute atomic E-state index is 0.0712. The lowest BCUT2D eigenvalue weighted by molar-refractivity contribution is -0.167. The number of hydrogen-bond donors (Lipinski definition) is 0. The Morgan fingerprint density at radius 2 is 0.476 bits per heavy atom. The average molecular weight is 1150 g/mol. The minimum Gasteiger partial charge on any atom is -0.462 e. The van der Waals surface area contributed by atoms with E-state index in [1.807, 2.05) is 0 Å². The molecule has 6 heteroatoms. The van der Waals surface area contributed by atoms with E-state index in [0.29, 0.717) is 19.3 Å². The van der Waals surface area contributed by atoms with Gasteiger partial charge in [-0.3, -0.25) is 14.4 Å². The van der Waals surface area contributed by atoms with E-state index in [1.54, 1.807) is 0 Å². The molecule has 476 valence electrons. The first kappa shape index (κ1) is 78.8. The molecule has 0 saturated carbocycles. The van der Waals surface area contributed by atoms with Crippen LogP contribution in [0.25, 0.3) is 0 Å². The smallest absolute Gasteiger partial charge is 0.306 e. The van der Waals surface area contributed by atoms with Crippen molar-refractivity contribution in [3.05, 3.63) is 72.9 Å². The molecule has 6 nitrogen and oxygen atoms in total. The van der Waals surface area contributed by atoms with Crippen molar-refractivity contribution in [1.82, 2.24) is 0 Å². The maximum atomic E-state index is 12.9. The van der Waals surface area contributed by atoms with Gasteiger partial charge in [-0.1, -0.05) is 338 Å². The van der Waals surface area contributed by atoms with E-state index in [1.165, 1.54) is 244 Å². The summed E-state index contributed by atoms with van der Waals surface area (Å²) in [7, 11) is 0. The Hall–Kier alpha value is -3.15. The number of hydrogen-bond acceptors (Lipinski definition) is 6. The molecule has 0 aliphatic rings. The monoisotopic (exact) mass is 1150 g/mol. The van der Waals surface area contributed by atoms with Gasteiger partial charge < -0.3 is 14.2 Å². The Labute approximate surface area is 510 Å². The van der Waals surface area contributed by atoms with Crippen molar-refractivity contribution < 1.29 is 28.6 Å². The zero-order valence-corrected chi connectivity index (χ0v) is 54.8. The average Bonchev–Trinajstić information content (AvgIpc) is 3.48. The largest absolute Gasteiger partial charge is 0.462 e. The van der Waals surface area contributed by atoms with E-state index < -0.39 is 6.10 Å². The van der Waals surface area contributed by atoms with Crippen LogP contribution in [-0.4, -0.2) is 37.2 Å². The molecule has 0 N–H and O–H groups in total. The highest BCUT2D eigenvalue weighted by Gasteiger charge is 2.19. The summed E-state index contributed by atoms with van der Waals surface area (Å²) in [6, 6.07) is 0. The van der Waals surface area contributed by atoms with Gasteiger partial charge in [0.15, 0.2) is 6.10 Å². The van der Waals surface area contributed by atoms with Gasteiger partial charge in [0, 0.05) is 19.3 Å². The zero-order valence-electron chi connectivity index (χ0n) is 54.8. The highest BCUT2D eigenvalue weighted by molar-refractivity contribution is 5.71. The Balaban J connectivity index is 4.17. The van der Waals surface area contributed by atoms with Crippen LogP contribution in [0.3, 0.4) is 0 Å². The van der Waals surface area contributed by atoms with Crippen LogP contribution < -0.4 is 0 Å². The molecule has 0 aromatic carbocycles. The molecule has 1 unspecified atom stereocenters. The third-order valence-corrected chi connectivity index (χ3v) is 15.9. The van der Waals surface area contributed by atoms with Crippen molar-refractivity contribution >= 4 is 17.9 Å². The van der Waals surface area contributed by atoms with Crippen LogP contribution in [-0.2, 0) is 28.6 Å². The van der Waals surface area contributed by atoms with Crippen LogP contribution in [0, 0.1) is 0 Å². The van der Waals surface area contributed by atoms with E-state index in [9.17, 15) is 14.4 Å². The Bertz CT molecular complexity index is 1500. The molecule has 0 bridgehead atoms. The third kappa shape index (κ3) is 67.6. The van der Waals surface area contributed by atoms with E-state index >= 15 is 0 Å². The second kappa shape index (κ2) is 70.3. The molecule has 0 aromatic heterocycles. The minimum atomic E-state index is -0.774. The lowest BCUT2D eigenvalue weighted by atomic mass is 10.0. The molecule has 0 spiro atoms. The number of carbonyl (C=O) groups excluding carboxylic acids is 3. The van der Waals surface area contributed by atoms with Crippen LogP contribution >= 0.6 is 0 Å². The summed E-state index contributed by atoms with van der Waals surface area (Å²) >= 11 is 0. The summed E-state index contributed by atoms with van der Waals surface area (Å²) in [5.41, 5.74) is 0. The molecule has 0 aliphatic heterocycles. The van der Waals surface area contributed by atoms with Crippen LogP contribution in [0.4, 0.5) is 0 Å². The predicted octanol–water partition coefficient (Wildman–Crippen LogP) is 24.8. The van der Waals surface area contributed by atoms with Gasteiger partial charge in [0.2, 0.25) is 0 Å². The molecule has 1 atom stereocenters. The standard InChI is InChI=1S/C76H136O6/c1-4-7-10-13-16-19-22-24-26-28-30-32-34-36-38-40-42-44-46-48-50-52-54-57-60-63-66-69-75(78)81-72-73(71-80-74(77)68-65-62-59-56-21-18-15-12-9-6-3)82-76(79)70-67-64-61-58-55-53-51-49-47-45-43-41-39-37-35-33-31-29-27-25-23-20-17-14-11-8-5-2/h7,10,16,19,24,26,29-32,36,38,73H,4-6,8-9,11-15,17-18,20-23,25,27-28,33-35,37,39-72H2,1-3H3/b10-7-,19-16-,26-24-,31-29-,32-30-,38-36-. The molecule has 0 amide bonds. The summed E-state index contributed by atoms with van der Waals surface area (Å²) < 4.78 is 17.0. The first-order valence-electron chi connectivity index (χ1n) is 35.9. The van der Waals surface area contributed by atoms with E-state index in [2.05, 4.69) is 93.7 Å². The fourth-order valence-corrected chi connectivity index (χ4v) is 10.6. The second-order valence-corrected chi connectivity index (χ2v) is 24.1. The fraction of sp³-hybridized carbons (Fsp3) is 0.803. The summed E-state index contributed by atoms with van der Waals surface area (Å²) in [6.45, 7) is 6.57. The zero-order chi connectivity index (χ0) is 59.2. The molecule has 0 aliphatic carbocycles. The number of ether oxygens (including phenoxy) is 3. The van der Waals surface area contributed by atoms with Crippen molar-refractivity contribution in [3.63, 3.8) is 0 Å². The van der Waals surface area contributed by atoms with Crippen molar-refractivity contribution in [1.29, 1.82) is 0 Å². The number of rotatable bonds is 66. The van der Waals surface area contributed by atoms with Crippen LogP contribution in [0.1, 0.15) is 374 Å². The molecular weight excluding hydrogens is 1010 g/mol. The van der Waals surface area contributed by atoms with E-state index in [-0.39, 0.29) is 31.1 Å². The predicted molar refractivity (Wildman–Crippen MR) is 358 cm³/mol. The van der Waals surface area contributed by atoms with Crippen molar-refractivity contribution in [2.75, 3.05) is 13.2 Å². The highest BCUT2D eigenvalue weighted by atomic mass is 16.6. The molecule has 82 heavy (non-hydrogen) atoms. The van der Waals surface area contributed by atoms with E-state index in [0.717, 1.165) is 89.9 Å². The Morgan fingerprint density at radius 3 is 0.756 bits per heavy atom. The van der Waals surface area contributed by atoms with Gasteiger partial charge in [0.1, 0.15) is 13.2 Å². The Morgan fingerprint density at radius 1 is 0.256 bits per heavy atom. The quantitative estimate of drug-likeness (QED) is 0.0261. The van der Waals surface area contributed by atoms with Gasteiger partial charge in [0.05, 0.1) is 0 Å². The SMILES string of the molecule is CC/C=C\C/C=C\C/C=C\C/C=C\C/C=C\CCCCCCCCCCCCCC(=O)OCC(COC(=O)CCCCCCCCCCCC)OC(=O)CCCCCCCCCCCCCCCCC/C=C\CCCCCCCCCC. The maximum absolute atomic E-state index is 12.9. The fourth-order valence-electron chi connectivity index (χ4n) is 10.6. The number of esters is 3. The van der Waals surface area contributed by atoms with Crippen molar-refractivity contribution in [2.45, 2.75) is 380 Å². The summed E-state index contributed by atoms with van der Waals surface area (Å²) in [5.74, 6) is -0.854. The maximum Gasteiger partial charge on any atom is 0.306 e. The number of allylic oxidation sites excluding steroid dienone is 12. The number of unbranched alkanes of at least 4 members (excludes halogenated alkanes) is 43. The number of carbonyl (C=O) groups is 3. The third-order valence-electron chi connectivity index (χ3n) is 15.9. The van der Waals surface area contributed by atoms with Gasteiger partial charge >= 0.3 is 17.9 Å². The van der Waals surface area contributed by atoms with Gasteiger partial charge in [0.25, 0.3) is 0 Å². The van der Waals surface area contributed by atoms with Crippen molar-refractivity contribution in [3.8, 4) is 0 Å². The van der Waals surface area contributed by atoms with Crippen LogP contribution in [0.2, 0.25) is 0 Å². The van der Waals surface area contributed by atoms with E-state index in [4.69, 9.17) is 14.2 Å². The van der Waals surface area contributed by atoms with Gasteiger partial charge in [-0.2, -0.15) is 0 Å². The first-order chi connectivity index (χ1) is 40.5. The molecule has 0 aromatic rings. The molecule has 0 fully saturated rings. The van der Waals surface area contributed by atoms with Gasteiger partial charge in [-0.25, -0.2) is 0 Å². The molecule has 0 saturated heterocycles. The summed E-state index contributed by atoms with van der Waals surface area (Å²) in [6.07, 6.45) is 92.3. The normalized spacial score (nSPS) is 12.5. The lowest BCUT2D eigenvalue weighted by Crippen LogP contribution is -2.30. The Kier molecular flexibility index (Phi) is 67.6. The topological polar surface area (TPSA) is 78.9 Å². The summed E-state index contributed by atoms with van der Waals surface area (Å²) in [5, 5.41) is 0. The molecule has 0 heterocycles. The van der Waals surface area contributed by atoms with Crippen LogP contribution in [0.5, 0.6) is 0 Å².